The summed E-state index contributed by atoms with van der Waals surface area (Å²) in [5.74, 6) is -0.566. The third kappa shape index (κ3) is 3.23. The van der Waals surface area contributed by atoms with Gasteiger partial charge in [0.1, 0.15) is 17.8 Å². The average molecular weight is 365 g/mol. The maximum absolute atomic E-state index is 12.8. The van der Waals surface area contributed by atoms with E-state index in [1.807, 2.05) is 6.92 Å². The van der Waals surface area contributed by atoms with Crippen molar-refractivity contribution < 1.29 is 19.1 Å². The largest absolute Gasteiger partial charge is 0.425 e. The highest BCUT2D eigenvalue weighted by molar-refractivity contribution is 6.30. The first-order chi connectivity index (χ1) is 11.8. The quantitative estimate of drug-likeness (QED) is 0.508. The molecule has 0 bridgehead atoms. The van der Waals surface area contributed by atoms with E-state index >= 15 is 0 Å². The zero-order valence-corrected chi connectivity index (χ0v) is 15.1. The second-order valence-corrected chi connectivity index (χ2v) is 7.26. The molecule has 0 radical (unpaired) electrons. The summed E-state index contributed by atoms with van der Waals surface area (Å²) in [6.45, 7) is 3.33. The predicted molar refractivity (Wildman–Crippen MR) is 92.4 cm³/mol. The molecule has 3 rings (SSSR count). The van der Waals surface area contributed by atoms with Gasteiger partial charge in [-0.25, -0.2) is 9.59 Å². The van der Waals surface area contributed by atoms with Gasteiger partial charge in [0, 0.05) is 5.02 Å². The van der Waals surface area contributed by atoms with E-state index in [4.69, 9.17) is 16.3 Å². The molecular formula is C18H21ClN2O4. The van der Waals surface area contributed by atoms with Crippen LogP contribution in [0.15, 0.2) is 18.2 Å². The van der Waals surface area contributed by atoms with E-state index in [-0.39, 0.29) is 11.8 Å². The molecular weight excluding hydrogens is 344 g/mol. The fourth-order valence-electron chi connectivity index (χ4n) is 3.65. The summed E-state index contributed by atoms with van der Waals surface area (Å²) in [7, 11) is 0. The second kappa shape index (κ2) is 6.67. The first kappa shape index (κ1) is 17.7. The highest BCUT2D eigenvalue weighted by Crippen LogP contribution is 2.38. The minimum atomic E-state index is -0.869. The van der Waals surface area contributed by atoms with Gasteiger partial charge in [0.2, 0.25) is 0 Å². The van der Waals surface area contributed by atoms with Gasteiger partial charge in [-0.15, -0.1) is 0 Å². The SMILES string of the molecule is Cc1cc(Cl)ccc1OC(=O)CN1C(=O)NC2(CCCCC2C)C1=O. The minimum Gasteiger partial charge on any atom is -0.425 e. The van der Waals surface area contributed by atoms with E-state index in [1.54, 1.807) is 25.1 Å². The summed E-state index contributed by atoms with van der Waals surface area (Å²) in [5.41, 5.74) is -0.165. The lowest BCUT2D eigenvalue weighted by Crippen LogP contribution is -2.54. The smallest absolute Gasteiger partial charge is 0.331 e. The number of amides is 3. The molecule has 3 amide bonds. The van der Waals surface area contributed by atoms with Crippen molar-refractivity contribution in [1.29, 1.82) is 0 Å². The zero-order valence-electron chi connectivity index (χ0n) is 14.3. The van der Waals surface area contributed by atoms with Crippen LogP contribution in [0, 0.1) is 12.8 Å². The van der Waals surface area contributed by atoms with Crippen LogP contribution in [0.3, 0.4) is 0 Å². The average Bonchev–Trinajstić information content (AvgIpc) is 2.78. The molecule has 1 heterocycles. The normalized spacial score (nSPS) is 26.0. The Kier molecular flexibility index (Phi) is 4.73. The number of esters is 1. The number of hydrogen-bond acceptors (Lipinski definition) is 4. The number of ether oxygens (including phenoxy) is 1. The molecule has 2 aliphatic rings. The van der Waals surface area contributed by atoms with E-state index in [1.165, 1.54) is 0 Å². The summed E-state index contributed by atoms with van der Waals surface area (Å²) in [4.78, 5) is 38.3. The van der Waals surface area contributed by atoms with Crippen LogP contribution in [0.5, 0.6) is 5.75 Å². The van der Waals surface area contributed by atoms with Crippen LogP contribution in [0.1, 0.15) is 38.2 Å². The predicted octanol–water partition coefficient (Wildman–Crippen LogP) is 3.05. The highest BCUT2D eigenvalue weighted by atomic mass is 35.5. The van der Waals surface area contributed by atoms with Crippen molar-refractivity contribution in [3.63, 3.8) is 0 Å². The van der Waals surface area contributed by atoms with Crippen molar-refractivity contribution in [3.8, 4) is 5.75 Å². The van der Waals surface area contributed by atoms with Gasteiger partial charge in [-0.1, -0.05) is 31.4 Å². The Bertz CT molecular complexity index is 736. The zero-order chi connectivity index (χ0) is 18.2. The Labute approximate surface area is 151 Å². The maximum Gasteiger partial charge on any atom is 0.331 e. The lowest BCUT2D eigenvalue weighted by atomic mass is 9.73. The van der Waals surface area contributed by atoms with Crippen molar-refractivity contribution in [2.75, 3.05) is 6.54 Å². The molecule has 1 aromatic carbocycles. The maximum atomic E-state index is 12.8. The first-order valence-electron chi connectivity index (χ1n) is 8.44. The number of rotatable bonds is 3. The molecule has 0 aromatic heterocycles. The van der Waals surface area contributed by atoms with Crippen LogP contribution in [0.4, 0.5) is 4.79 Å². The van der Waals surface area contributed by atoms with Crippen molar-refractivity contribution in [2.45, 2.75) is 45.1 Å². The number of aryl methyl sites for hydroxylation is 1. The molecule has 1 saturated heterocycles. The lowest BCUT2D eigenvalue weighted by molar-refractivity contribution is -0.142. The number of carbonyl (C=O) groups is 3. The molecule has 6 nitrogen and oxygen atoms in total. The highest BCUT2D eigenvalue weighted by Gasteiger charge is 2.55. The molecule has 1 spiro atoms. The molecule has 1 saturated carbocycles. The number of nitrogens with zero attached hydrogens (tertiary/aromatic N) is 1. The number of nitrogens with one attached hydrogen (secondary N) is 1. The molecule has 1 aliphatic carbocycles. The van der Waals surface area contributed by atoms with E-state index in [2.05, 4.69) is 5.32 Å². The van der Waals surface area contributed by atoms with Crippen LogP contribution < -0.4 is 10.1 Å². The molecule has 1 aliphatic heterocycles. The van der Waals surface area contributed by atoms with E-state index < -0.39 is 24.1 Å². The molecule has 2 atom stereocenters. The summed E-state index contributed by atoms with van der Waals surface area (Å²) in [6, 6.07) is 4.36. The number of carbonyl (C=O) groups excluding carboxylic acids is 3. The monoisotopic (exact) mass is 364 g/mol. The van der Waals surface area contributed by atoms with Crippen molar-refractivity contribution in [2.24, 2.45) is 5.92 Å². The summed E-state index contributed by atoms with van der Waals surface area (Å²) >= 11 is 5.88. The molecule has 134 valence electrons. The number of urea groups is 1. The van der Waals surface area contributed by atoms with Crippen LogP contribution in [-0.4, -0.2) is 34.9 Å². The Morgan fingerprint density at radius 3 is 2.84 bits per heavy atom. The summed E-state index contributed by atoms with van der Waals surface area (Å²) in [6.07, 6.45) is 3.43. The first-order valence-corrected chi connectivity index (χ1v) is 8.82. The van der Waals surface area contributed by atoms with Crippen molar-refractivity contribution in [3.05, 3.63) is 28.8 Å². The van der Waals surface area contributed by atoms with Gasteiger partial charge >= 0.3 is 12.0 Å². The van der Waals surface area contributed by atoms with Gasteiger partial charge in [0.25, 0.3) is 5.91 Å². The van der Waals surface area contributed by atoms with Crippen LogP contribution in [0.2, 0.25) is 5.02 Å². The van der Waals surface area contributed by atoms with Gasteiger partial charge in [-0.2, -0.15) is 0 Å². The van der Waals surface area contributed by atoms with E-state index in [0.29, 0.717) is 22.8 Å². The fourth-order valence-corrected chi connectivity index (χ4v) is 3.88. The Hall–Kier alpha value is -2.08. The summed E-state index contributed by atoms with van der Waals surface area (Å²) in [5, 5.41) is 3.36. The Morgan fingerprint density at radius 2 is 2.16 bits per heavy atom. The second-order valence-electron chi connectivity index (χ2n) is 6.82. The van der Waals surface area contributed by atoms with E-state index in [9.17, 15) is 14.4 Å². The Morgan fingerprint density at radius 1 is 1.40 bits per heavy atom. The van der Waals surface area contributed by atoms with Crippen LogP contribution >= 0.6 is 11.6 Å². The number of benzene rings is 1. The molecule has 2 fully saturated rings. The standard InChI is InChI=1S/C18H21ClN2O4/c1-11-9-13(19)6-7-14(11)25-15(22)10-21-16(23)18(20-17(21)24)8-4-3-5-12(18)2/h6-7,9,12H,3-5,8,10H2,1-2H3,(H,20,24). The molecule has 1 N–H and O–H groups in total. The summed E-state index contributed by atoms with van der Waals surface area (Å²) < 4.78 is 5.29. The van der Waals surface area contributed by atoms with E-state index in [0.717, 1.165) is 24.2 Å². The Balaban J connectivity index is 1.71. The van der Waals surface area contributed by atoms with Crippen molar-refractivity contribution >= 4 is 29.5 Å². The number of halogens is 1. The number of imide groups is 1. The van der Waals surface area contributed by atoms with Gasteiger partial charge in [0.05, 0.1) is 0 Å². The third-order valence-corrected chi connectivity index (χ3v) is 5.38. The topological polar surface area (TPSA) is 75.7 Å². The van der Waals surface area contributed by atoms with Crippen LogP contribution in [0.25, 0.3) is 0 Å². The van der Waals surface area contributed by atoms with Gasteiger partial charge in [-0.3, -0.25) is 9.69 Å². The third-order valence-electron chi connectivity index (χ3n) is 5.15. The molecule has 25 heavy (non-hydrogen) atoms. The van der Waals surface area contributed by atoms with Gasteiger partial charge < -0.3 is 10.1 Å². The lowest BCUT2D eigenvalue weighted by Gasteiger charge is -2.36. The number of hydrogen-bond donors (Lipinski definition) is 1. The van der Waals surface area contributed by atoms with Crippen molar-refractivity contribution in [1.82, 2.24) is 10.2 Å². The fraction of sp³-hybridized carbons (Fsp3) is 0.500. The molecule has 2 unspecified atom stereocenters. The minimum absolute atomic E-state index is 0.0530. The van der Waals surface area contributed by atoms with Gasteiger partial charge in [0.15, 0.2) is 0 Å². The molecule has 7 heteroatoms. The molecule has 1 aromatic rings. The van der Waals surface area contributed by atoms with Gasteiger partial charge in [-0.05, 0) is 49.4 Å². The van der Waals surface area contributed by atoms with Crippen LogP contribution in [-0.2, 0) is 9.59 Å².